The fourth-order valence-corrected chi connectivity index (χ4v) is 3.45. The van der Waals surface area contributed by atoms with E-state index in [1.54, 1.807) is 0 Å². The van der Waals surface area contributed by atoms with Crippen LogP contribution in [0.2, 0.25) is 0 Å². The zero-order valence-corrected chi connectivity index (χ0v) is 18.1. The highest BCUT2D eigenvalue weighted by molar-refractivity contribution is 5.80. The van der Waals surface area contributed by atoms with Gasteiger partial charge in [0.2, 0.25) is 6.41 Å². The molecule has 0 fully saturated rings. The zero-order chi connectivity index (χ0) is 20.8. The normalized spacial score (nSPS) is 10.5. The Hall–Kier alpha value is -2.08. The summed E-state index contributed by atoms with van der Waals surface area (Å²) in [6.45, 7) is 9.01. The first-order chi connectivity index (χ1) is 13.6. The third-order valence-corrected chi connectivity index (χ3v) is 4.87. The number of fused-ring (bicyclic) bond motifs is 1. The minimum Gasteiger partial charge on any atom is -0.371 e. The zero-order valence-electron chi connectivity index (χ0n) is 18.1. The van der Waals surface area contributed by atoms with Gasteiger partial charge in [-0.3, -0.25) is 10.0 Å². The van der Waals surface area contributed by atoms with E-state index in [0.29, 0.717) is 0 Å². The van der Waals surface area contributed by atoms with Crippen molar-refractivity contribution < 1.29 is 10.0 Å². The highest BCUT2D eigenvalue weighted by Crippen LogP contribution is 2.24. The van der Waals surface area contributed by atoms with Crippen molar-refractivity contribution in [3.63, 3.8) is 0 Å². The van der Waals surface area contributed by atoms with Gasteiger partial charge < -0.3 is 9.47 Å². The van der Waals surface area contributed by atoms with Crippen molar-refractivity contribution in [1.29, 1.82) is 0 Å². The number of benzene rings is 1. The summed E-state index contributed by atoms with van der Waals surface area (Å²) < 4.78 is 2.28. The molecule has 0 radical (unpaired) electrons. The van der Waals surface area contributed by atoms with E-state index in [-0.39, 0.29) is 6.41 Å². The quantitative estimate of drug-likeness (QED) is 0.236. The van der Waals surface area contributed by atoms with Gasteiger partial charge in [-0.2, -0.15) is 0 Å². The Labute approximate surface area is 169 Å². The maximum Gasteiger partial charge on any atom is 0.230 e. The number of carbonyl (C=O) groups excluding carboxylic acids is 1. The van der Waals surface area contributed by atoms with E-state index in [1.807, 2.05) is 0 Å². The smallest absolute Gasteiger partial charge is 0.230 e. The number of hydrogen-bond acceptors (Lipinski definition) is 4. The van der Waals surface area contributed by atoms with Crippen molar-refractivity contribution in [2.24, 2.45) is 7.05 Å². The third-order valence-electron chi connectivity index (χ3n) is 4.87. The first-order valence-corrected chi connectivity index (χ1v) is 10.7. The predicted molar refractivity (Wildman–Crippen MR) is 117 cm³/mol. The topological polar surface area (TPSA) is 70.4 Å². The number of aryl methyl sites for hydroxylation is 2. The molecule has 2 aromatic rings. The van der Waals surface area contributed by atoms with E-state index >= 15 is 0 Å². The highest BCUT2D eigenvalue weighted by atomic mass is 16.5. The molecule has 0 saturated carbocycles. The molecule has 158 valence electrons. The van der Waals surface area contributed by atoms with Crippen molar-refractivity contribution in [3.05, 3.63) is 24.0 Å². The Bertz CT molecular complexity index is 678. The summed E-state index contributed by atoms with van der Waals surface area (Å²) in [6.07, 6.45) is 10.2. The molecule has 0 aliphatic rings. The Balaban J connectivity index is 0.000000892. The van der Waals surface area contributed by atoms with Gasteiger partial charge >= 0.3 is 0 Å². The van der Waals surface area contributed by atoms with Crippen molar-refractivity contribution >= 4 is 23.1 Å². The summed E-state index contributed by atoms with van der Waals surface area (Å²) in [5.74, 6) is 1.23. The second kappa shape index (κ2) is 14.0. The first kappa shape index (κ1) is 24.0. The molecule has 2 N–H and O–H groups in total. The lowest BCUT2D eigenvalue weighted by Gasteiger charge is -2.23. The van der Waals surface area contributed by atoms with Crippen LogP contribution in [0.5, 0.6) is 0 Å². The largest absolute Gasteiger partial charge is 0.371 e. The lowest BCUT2D eigenvalue weighted by molar-refractivity contribution is -0.116. The number of imidazole rings is 1. The molecule has 0 aliphatic heterocycles. The van der Waals surface area contributed by atoms with Crippen molar-refractivity contribution in [1.82, 2.24) is 15.0 Å². The van der Waals surface area contributed by atoms with Gasteiger partial charge in [-0.05, 0) is 37.5 Å². The molecule has 0 aliphatic carbocycles. The summed E-state index contributed by atoms with van der Waals surface area (Å²) in [7, 11) is 2.16. The number of unbranched alkanes of at least 4 members (excludes halogenated alkanes) is 4. The van der Waals surface area contributed by atoms with Crippen LogP contribution in [0.3, 0.4) is 0 Å². The number of hydrogen-bond donors (Lipinski definition) is 2. The summed E-state index contributed by atoms with van der Waals surface area (Å²) in [5.41, 5.74) is 4.98. The maximum absolute atomic E-state index is 8.81. The summed E-state index contributed by atoms with van der Waals surface area (Å²) in [6, 6.07) is 6.79. The monoisotopic (exact) mass is 390 g/mol. The summed E-state index contributed by atoms with van der Waals surface area (Å²) in [4.78, 5) is 16.2. The Morgan fingerprint density at radius 2 is 1.71 bits per heavy atom. The van der Waals surface area contributed by atoms with Crippen molar-refractivity contribution in [2.45, 2.75) is 72.1 Å². The van der Waals surface area contributed by atoms with E-state index in [0.717, 1.165) is 25.0 Å². The molecular formula is C22H38N4O2. The second-order valence-corrected chi connectivity index (χ2v) is 7.16. The van der Waals surface area contributed by atoms with Crippen molar-refractivity contribution in [3.8, 4) is 0 Å². The Morgan fingerprint density at radius 3 is 2.29 bits per heavy atom. The number of nitrogens with one attached hydrogen (secondary N) is 1. The lowest BCUT2D eigenvalue weighted by atomic mass is 10.1. The number of rotatable bonds is 12. The van der Waals surface area contributed by atoms with Crippen LogP contribution in [-0.4, -0.2) is 34.3 Å². The van der Waals surface area contributed by atoms with Crippen LogP contribution in [0.25, 0.3) is 11.0 Å². The SMILES string of the molecule is CCCCCCCc1nc2cc(N(CCC)CCC)ccc2n1C.O=CNO. The van der Waals surface area contributed by atoms with Crippen LogP contribution in [-0.2, 0) is 18.3 Å². The minimum absolute atomic E-state index is 0.181. The number of anilines is 1. The standard InChI is InChI=1S/C21H35N3.CH3NO2/c1-5-8-9-10-11-12-21-22-19-17-18(13-14-20(19)23(21)4)24(15-6-2)16-7-3;3-1-2-4/h13-14,17H,5-12,15-16H2,1-4H3;1,4H,(H,2,3). The number of nitrogens with zero attached hydrogens (tertiary/aromatic N) is 3. The van der Waals surface area contributed by atoms with Gasteiger partial charge in [0.15, 0.2) is 0 Å². The summed E-state index contributed by atoms with van der Waals surface area (Å²) in [5, 5.41) is 7.26. The summed E-state index contributed by atoms with van der Waals surface area (Å²) >= 11 is 0. The van der Waals surface area contributed by atoms with E-state index in [4.69, 9.17) is 15.0 Å². The van der Waals surface area contributed by atoms with E-state index in [2.05, 4.69) is 55.5 Å². The fraction of sp³-hybridized carbons (Fsp3) is 0.636. The van der Waals surface area contributed by atoms with E-state index in [1.165, 1.54) is 67.5 Å². The minimum atomic E-state index is 0.181. The molecule has 28 heavy (non-hydrogen) atoms. The van der Waals surface area contributed by atoms with Gasteiger partial charge in [0.25, 0.3) is 0 Å². The molecule has 0 saturated heterocycles. The fourth-order valence-electron chi connectivity index (χ4n) is 3.45. The molecule has 1 aromatic carbocycles. The average molecular weight is 391 g/mol. The van der Waals surface area contributed by atoms with Crippen LogP contribution in [0, 0.1) is 0 Å². The predicted octanol–water partition coefficient (Wildman–Crippen LogP) is 4.83. The molecule has 1 amide bonds. The molecule has 0 unspecified atom stereocenters. The molecule has 6 nitrogen and oxygen atoms in total. The number of carbonyl (C=O) groups is 1. The van der Waals surface area contributed by atoms with Gasteiger partial charge in [-0.15, -0.1) is 0 Å². The van der Waals surface area contributed by atoms with Gasteiger partial charge in [-0.1, -0.05) is 46.5 Å². The molecule has 0 spiro atoms. The molecule has 0 bridgehead atoms. The lowest BCUT2D eigenvalue weighted by Crippen LogP contribution is -2.24. The molecule has 6 heteroatoms. The van der Waals surface area contributed by atoms with Crippen LogP contribution < -0.4 is 10.4 Å². The van der Waals surface area contributed by atoms with Crippen LogP contribution >= 0.6 is 0 Å². The Kier molecular flexibility index (Phi) is 12.0. The Morgan fingerprint density at radius 1 is 1.07 bits per heavy atom. The van der Waals surface area contributed by atoms with Crippen LogP contribution in [0.1, 0.15) is 71.5 Å². The van der Waals surface area contributed by atoms with Gasteiger partial charge in [-0.25, -0.2) is 10.5 Å². The van der Waals surface area contributed by atoms with Crippen molar-refractivity contribution in [2.75, 3.05) is 18.0 Å². The first-order valence-electron chi connectivity index (χ1n) is 10.7. The molecule has 1 heterocycles. The van der Waals surface area contributed by atoms with Gasteiger partial charge in [0.1, 0.15) is 5.82 Å². The van der Waals surface area contributed by atoms with E-state index < -0.39 is 0 Å². The van der Waals surface area contributed by atoms with Gasteiger partial charge in [0, 0.05) is 32.2 Å². The highest BCUT2D eigenvalue weighted by Gasteiger charge is 2.11. The average Bonchev–Trinajstić information content (AvgIpc) is 3.03. The third kappa shape index (κ3) is 7.50. The molecule has 2 rings (SSSR count). The molecule has 0 atom stereocenters. The van der Waals surface area contributed by atoms with Crippen LogP contribution in [0.15, 0.2) is 18.2 Å². The number of hydroxylamine groups is 1. The molecular weight excluding hydrogens is 352 g/mol. The number of aromatic nitrogens is 2. The van der Waals surface area contributed by atoms with Crippen LogP contribution in [0.4, 0.5) is 5.69 Å². The maximum atomic E-state index is 8.81. The number of amides is 1. The van der Waals surface area contributed by atoms with E-state index in [9.17, 15) is 0 Å². The van der Waals surface area contributed by atoms with Gasteiger partial charge in [0.05, 0.1) is 11.0 Å². The molecule has 1 aromatic heterocycles. The second-order valence-electron chi connectivity index (χ2n) is 7.16.